The first-order valence-electron chi connectivity index (χ1n) is 7.19. The molecule has 0 radical (unpaired) electrons. The maximum absolute atomic E-state index is 5.38. The van der Waals surface area contributed by atoms with Crippen LogP contribution in [0, 0.1) is 10.7 Å². The Kier molecular flexibility index (Phi) is 3.87. The summed E-state index contributed by atoms with van der Waals surface area (Å²) in [7, 11) is 2.10. The number of rotatable bonds is 4. The lowest BCUT2D eigenvalue weighted by atomic mass is 10.1. The second-order valence-electron chi connectivity index (χ2n) is 5.53. The van der Waals surface area contributed by atoms with Crippen LogP contribution in [-0.2, 0) is 0 Å². The average Bonchev–Trinajstić information content (AvgIpc) is 3.09. The summed E-state index contributed by atoms with van der Waals surface area (Å²) in [5, 5.41) is 7.32. The van der Waals surface area contributed by atoms with E-state index >= 15 is 0 Å². The highest BCUT2D eigenvalue weighted by atomic mass is 32.1. The molecule has 1 saturated carbocycles. The molecule has 1 aliphatic carbocycles. The van der Waals surface area contributed by atoms with Crippen LogP contribution in [0.15, 0.2) is 30.3 Å². The van der Waals surface area contributed by atoms with Crippen molar-refractivity contribution in [3.05, 3.63) is 35.1 Å². The van der Waals surface area contributed by atoms with Crippen LogP contribution in [0.25, 0.3) is 5.69 Å². The molecule has 4 nitrogen and oxygen atoms in total. The predicted octanol–water partition coefficient (Wildman–Crippen LogP) is 3.56. The Labute approximate surface area is 124 Å². The van der Waals surface area contributed by atoms with Crippen molar-refractivity contribution in [3.63, 3.8) is 0 Å². The van der Waals surface area contributed by atoms with E-state index in [1.165, 1.54) is 25.7 Å². The van der Waals surface area contributed by atoms with Crippen LogP contribution in [0.5, 0.6) is 0 Å². The van der Waals surface area contributed by atoms with Gasteiger partial charge in [-0.3, -0.25) is 4.57 Å². The summed E-state index contributed by atoms with van der Waals surface area (Å²) in [4.78, 5) is 2.22. The van der Waals surface area contributed by atoms with E-state index in [4.69, 9.17) is 12.2 Å². The van der Waals surface area contributed by atoms with Crippen molar-refractivity contribution < 1.29 is 0 Å². The van der Waals surface area contributed by atoms with Gasteiger partial charge in [-0.05, 0) is 43.1 Å². The molecule has 3 rings (SSSR count). The molecule has 2 aromatic rings. The molecular weight excluding hydrogens is 268 g/mol. The van der Waals surface area contributed by atoms with Crippen LogP contribution in [0.2, 0.25) is 0 Å². The van der Waals surface area contributed by atoms with Crippen molar-refractivity contribution >= 4 is 18.2 Å². The minimum absolute atomic E-state index is 0.643. The van der Waals surface area contributed by atoms with E-state index in [0.717, 1.165) is 24.1 Å². The van der Waals surface area contributed by atoms with Gasteiger partial charge in [0, 0.05) is 13.6 Å². The molecule has 0 unspecified atom stereocenters. The van der Waals surface area contributed by atoms with E-state index in [1.807, 2.05) is 22.8 Å². The number of nitrogens with one attached hydrogen (secondary N) is 1. The zero-order chi connectivity index (χ0) is 13.9. The van der Waals surface area contributed by atoms with Gasteiger partial charge in [0.25, 0.3) is 0 Å². The molecule has 0 atom stereocenters. The van der Waals surface area contributed by atoms with E-state index < -0.39 is 0 Å². The molecule has 1 N–H and O–H groups in total. The van der Waals surface area contributed by atoms with Crippen molar-refractivity contribution in [3.8, 4) is 5.69 Å². The molecule has 5 heteroatoms. The van der Waals surface area contributed by atoms with Crippen LogP contribution in [0.3, 0.4) is 0 Å². The molecule has 1 fully saturated rings. The average molecular weight is 288 g/mol. The van der Waals surface area contributed by atoms with Gasteiger partial charge in [-0.15, -0.1) is 5.10 Å². The van der Waals surface area contributed by atoms with Crippen LogP contribution in [0.4, 0.5) is 5.95 Å². The Morgan fingerprint density at radius 1 is 1.30 bits per heavy atom. The summed E-state index contributed by atoms with van der Waals surface area (Å²) in [5.41, 5.74) is 1.06. The first-order chi connectivity index (χ1) is 9.75. The Balaban J connectivity index is 1.88. The van der Waals surface area contributed by atoms with Gasteiger partial charge in [0.05, 0.1) is 5.69 Å². The Morgan fingerprint density at radius 2 is 2.00 bits per heavy atom. The SMILES string of the molecule is CN(CC1CCCC1)c1n[nH]c(=S)n1-c1ccccc1. The van der Waals surface area contributed by atoms with Gasteiger partial charge in [-0.2, -0.15) is 0 Å². The highest BCUT2D eigenvalue weighted by Crippen LogP contribution is 2.27. The molecule has 1 heterocycles. The molecule has 0 bridgehead atoms. The summed E-state index contributed by atoms with van der Waals surface area (Å²) in [6.07, 6.45) is 5.40. The van der Waals surface area contributed by atoms with Crippen molar-refractivity contribution in [2.75, 3.05) is 18.5 Å². The molecule has 0 saturated heterocycles. The highest BCUT2D eigenvalue weighted by molar-refractivity contribution is 7.71. The van der Waals surface area contributed by atoms with Gasteiger partial charge < -0.3 is 4.90 Å². The summed E-state index contributed by atoms with van der Waals surface area (Å²) in [6.45, 7) is 1.05. The highest BCUT2D eigenvalue weighted by Gasteiger charge is 2.20. The van der Waals surface area contributed by atoms with Crippen molar-refractivity contribution in [1.82, 2.24) is 14.8 Å². The molecule has 0 amide bonds. The third kappa shape index (κ3) is 2.63. The summed E-state index contributed by atoms with van der Waals surface area (Å²) in [6, 6.07) is 10.2. The number of aromatic nitrogens is 3. The van der Waals surface area contributed by atoms with E-state index in [0.29, 0.717) is 4.77 Å². The van der Waals surface area contributed by atoms with Gasteiger partial charge in [0.2, 0.25) is 10.7 Å². The summed E-state index contributed by atoms with van der Waals surface area (Å²) < 4.78 is 2.65. The smallest absolute Gasteiger partial charge is 0.230 e. The van der Waals surface area contributed by atoms with E-state index in [-0.39, 0.29) is 0 Å². The molecule has 1 aliphatic rings. The minimum atomic E-state index is 0.643. The third-order valence-electron chi connectivity index (χ3n) is 4.02. The lowest BCUT2D eigenvalue weighted by Gasteiger charge is -2.22. The molecular formula is C15H20N4S. The topological polar surface area (TPSA) is 36.9 Å². The fourth-order valence-corrected chi connectivity index (χ4v) is 3.25. The van der Waals surface area contributed by atoms with Gasteiger partial charge in [0.15, 0.2) is 0 Å². The zero-order valence-electron chi connectivity index (χ0n) is 11.7. The van der Waals surface area contributed by atoms with Gasteiger partial charge in [-0.1, -0.05) is 31.0 Å². The zero-order valence-corrected chi connectivity index (χ0v) is 12.6. The number of para-hydroxylation sites is 1. The number of anilines is 1. The third-order valence-corrected chi connectivity index (χ3v) is 4.29. The number of nitrogens with zero attached hydrogens (tertiary/aromatic N) is 3. The fourth-order valence-electron chi connectivity index (χ4n) is 3.02. The molecule has 0 aliphatic heterocycles. The molecule has 0 spiro atoms. The van der Waals surface area contributed by atoms with Gasteiger partial charge in [-0.25, -0.2) is 5.10 Å². The van der Waals surface area contributed by atoms with Crippen LogP contribution in [-0.4, -0.2) is 28.4 Å². The maximum atomic E-state index is 5.38. The number of aromatic amines is 1. The second kappa shape index (κ2) is 5.79. The Morgan fingerprint density at radius 3 is 2.70 bits per heavy atom. The Hall–Kier alpha value is -1.62. The van der Waals surface area contributed by atoms with Crippen LogP contribution in [0.1, 0.15) is 25.7 Å². The van der Waals surface area contributed by atoms with Crippen molar-refractivity contribution in [2.24, 2.45) is 5.92 Å². The normalized spacial score (nSPS) is 15.7. The number of H-pyrrole nitrogens is 1. The number of hydrogen-bond acceptors (Lipinski definition) is 3. The lowest BCUT2D eigenvalue weighted by Crippen LogP contribution is -2.26. The van der Waals surface area contributed by atoms with Crippen molar-refractivity contribution in [2.45, 2.75) is 25.7 Å². The monoisotopic (exact) mass is 288 g/mol. The molecule has 1 aromatic carbocycles. The molecule has 106 valence electrons. The van der Waals surface area contributed by atoms with E-state index in [1.54, 1.807) is 0 Å². The second-order valence-corrected chi connectivity index (χ2v) is 5.92. The van der Waals surface area contributed by atoms with Crippen LogP contribution >= 0.6 is 12.2 Å². The van der Waals surface area contributed by atoms with E-state index in [9.17, 15) is 0 Å². The lowest BCUT2D eigenvalue weighted by molar-refractivity contribution is 0.541. The Bertz CT molecular complexity index is 610. The standard InChI is InChI=1S/C15H20N4S/c1-18(11-12-7-5-6-8-12)14-16-17-15(20)19(14)13-9-3-2-4-10-13/h2-4,9-10,12H,5-8,11H2,1H3,(H,17,20). The quantitative estimate of drug-likeness (QED) is 0.874. The first kappa shape index (κ1) is 13.4. The first-order valence-corrected chi connectivity index (χ1v) is 7.60. The fraction of sp³-hybridized carbons (Fsp3) is 0.467. The number of hydrogen-bond donors (Lipinski definition) is 1. The van der Waals surface area contributed by atoms with E-state index in [2.05, 4.69) is 34.3 Å². The van der Waals surface area contributed by atoms with Gasteiger partial charge in [0.1, 0.15) is 0 Å². The summed E-state index contributed by atoms with van der Waals surface area (Å²) >= 11 is 5.38. The number of benzene rings is 1. The minimum Gasteiger partial charge on any atom is -0.343 e. The molecule has 20 heavy (non-hydrogen) atoms. The largest absolute Gasteiger partial charge is 0.343 e. The van der Waals surface area contributed by atoms with Crippen LogP contribution < -0.4 is 4.90 Å². The van der Waals surface area contributed by atoms with Crippen molar-refractivity contribution in [1.29, 1.82) is 0 Å². The predicted molar refractivity (Wildman–Crippen MR) is 84.0 cm³/mol. The van der Waals surface area contributed by atoms with Gasteiger partial charge >= 0.3 is 0 Å². The molecule has 1 aromatic heterocycles. The maximum Gasteiger partial charge on any atom is 0.230 e. The summed E-state index contributed by atoms with van der Waals surface area (Å²) in [5.74, 6) is 1.68.